The van der Waals surface area contributed by atoms with Crippen LogP contribution in [0.3, 0.4) is 0 Å². The number of hydrogen-bond acceptors (Lipinski definition) is 36. The lowest BCUT2D eigenvalue weighted by Crippen LogP contribution is -2.57. The Kier molecular flexibility index (Phi) is 40.4. The third-order valence-electron chi connectivity index (χ3n) is 25.4. The Morgan fingerprint density at radius 2 is 0.804 bits per heavy atom. The molecular weight excluding hydrogens is 2120 g/mol. The lowest BCUT2D eigenvalue weighted by atomic mass is 9.89. The van der Waals surface area contributed by atoms with Gasteiger partial charge in [-0.3, -0.25) is 58.7 Å². The zero-order valence-corrected chi connectivity index (χ0v) is 88.2. The number of amidine groups is 4. The van der Waals surface area contributed by atoms with Gasteiger partial charge in [0.25, 0.3) is 5.92 Å². The van der Waals surface area contributed by atoms with Gasteiger partial charge >= 0.3 is 47.8 Å². The number of carboxylic acids is 4. The normalized spacial score (nSPS) is 22.0. The van der Waals surface area contributed by atoms with Gasteiger partial charge in [-0.2, -0.15) is 11.8 Å². The van der Waals surface area contributed by atoms with Gasteiger partial charge in [0.1, 0.15) is 53.9 Å². The molecule has 35 nitrogen and oxygen atoms in total. The van der Waals surface area contributed by atoms with Gasteiger partial charge in [-0.1, -0.05) is 123 Å². The molecular formula is C98H106Cl4F6N16O19S5. The number of thiazole rings is 4. The smallest absolute Gasteiger partial charge is 0.338 e. The van der Waals surface area contributed by atoms with Gasteiger partial charge in [0, 0.05) is 180 Å². The molecule has 50 heteroatoms. The van der Waals surface area contributed by atoms with Crippen molar-refractivity contribution in [2.24, 2.45) is 37.7 Å². The van der Waals surface area contributed by atoms with Crippen LogP contribution in [0.4, 0.5) is 26.3 Å². The van der Waals surface area contributed by atoms with Gasteiger partial charge in [-0.15, -0.1) is 45.3 Å². The van der Waals surface area contributed by atoms with Crippen LogP contribution in [0.1, 0.15) is 133 Å². The molecule has 8 aliphatic rings. The fourth-order valence-corrected chi connectivity index (χ4v) is 22.5. The minimum Gasteiger partial charge on any atom is -0.481 e. The number of thioether (sulfide) groups is 1. The summed E-state index contributed by atoms with van der Waals surface area (Å²) in [5.74, 6) is -11.0. The minimum atomic E-state index is -3.62. The number of rotatable bonds is 33. The third kappa shape index (κ3) is 27.8. The van der Waals surface area contributed by atoms with Crippen molar-refractivity contribution < 1.29 is 118 Å². The molecule has 8 N–H and O–H groups in total. The van der Waals surface area contributed by atoms with Gasteiger partial charge in [-0.25, -0.2) is 65.5 Å². The molecule has 4 aromatic heterocycles. The highest BCUT2D eigenvalue weighted by atomic mass is 35.5. The van der Waals surface area contributed by atoms with Crippen LogP contribution in [0.2, 0.25) is 20.1 Å². The fraction of sp³-hybridized carbons (Fsp3) is 0.429. The number of aromatic nitrogens is 4. The minimum absolute atomic E-state index is 0.0245. The predicted molar refractivity (Wildman–Crippen MR) is 546 cm³/mol. The number of halogens is 10. The summed E-state index contributed by atoms with van der Waals surface area (Å²) >= 11 is 32.4. The number of hydrogen-bond donors (Lipinski definition) is 8. The summed E-state index contributed by atoms with van der Waals surface area (Å²) in [6, 6.07) is 11.3. The van der Waals surface area contributed by atoms with Crippen molar-refractivity contribution in [2.45, 2.75) is 133 Å². The molecule has 0 bridgehead atoms. The van der Waals surface area contributed by atoms with E-state index in [-0.39, 0.29) is 135 Å². The quantitative estimate of drug-likeness (QED) is 0.0108. The average Bonchev–Trinajstić information content (AvgIpc) is 1.36. The summed E-state index contributed by atoms with van der Waals surface area (Å²) < 4.78 is 125. The third-order valence-corrected chi connectivity index (χ3v) is 31.2. The lowest BCUT2D eigenvalue weighted by Gasteiger charge is -2.44. The zero-order chi connectivity index (χ0) is 107. The van der Waals surface area contributed by atoms with Crippen molar-refractivity contribution in [3.8, 4) is 0 Å². The van der Waals surface area contributed by atoms with Crippen molar-refractivity contribution in [3.05, 3.63) is 250 Å². The second-order valence-electron chi connectivity index (χ2n) is 35.2. The second kappa shape index (κ2) is 52.5. The summed E-state index contributed by atoms with van der Waals surface area (Å²) in [4.78, 5) is 142. The number of nitrogens with one attached hydrogen (secondary N) is 4. The van der Waals surface area contributed by atoms with Crippen LogP contribution in [-0.2, 0) is 71.5 Å². The second-order valence-corrected chi connectivity index (χ2v) is 41.4. The van der Waals surface area contributed by atoms with Crippen LogP contribution in [0.5, 0.6) is 0 Å². The Hall–Kier alpha value is -11.2. The molecule has 792 valence electrons. The standard InChI is InChI=1S/C27H32ClFN4O5S.C25H28ClFN4O5S.C23H22ClF3N4O5S.C23H24ClFN4O4S2/c1-14(2)23-19(12-15(3)26(34)35)33(9-10-38-23)13-18-20(27(36)37-4)22(16-6-5-7-17(29)21(16)28)32-24(31-18)25-30-8-11-39-25;1-13(24(32)33)11-18-14(2)36-9-8-31(18)12-17-19(25(34)35-3)21(15-5-4-6-16(27)20(15)26)30-22(29-17)23-28-7-10-37-23;1-35-22(34)17-14(10-31-6-7-36-11-15(31)23(26,27)9-16(32)33)29-20(21-28-5-8-37-21)30-19(17)12-3-2-4-13(25)18(12)24;1-33-23(32)18-16(11-29-8-10-34-12-13(29)5-6-17(30)31)27-21(22-26-7-9-35-22)28-20(18)14-3-2-4-15(25)19(14)24/h5-8,11,14-15,19,22-23H,9-10,12-13H2,1-4H3,(H,31,32)(H,34,35);4-7,10,13-14,18,21H,8-9,11-12H2,1-3H3,(H,29,30)(H,32,33);2-5,8,15,19H,6-7,9-11H2,1H3,(H,29,30)(H,32,33);2-4,7,9,13,20H,5-6,8,10-12H2,1H3,(H,27,28)(H,30,31)/t15?,19-,22+,23-;13?,14-,18-,21+;15?,19-;13-,20+/m1101/s1. The summed E-state index contributed by atoms with van der Waals surface area (Å²) in [7, 11) is 4.98. The van der Waals surface area contributed by atoms with Crippen LogP contribution in [0.15, 0.2) is 184 Å². The molecule has 4 fully saturated rings. The van der Waals surface area contributed by atoms with E-state index in [1.165, 1.54) is 126 Å². The number of carbonyl (C=O) groups excluding carboxylic acids is 4. The molecule has 4 aromatic carbocycles. The van der Waals surface area contributed by atoms with Crippen molar-refractivity contribution in [3.63, 3.8) is 0 Å². The number of aliphatic imine (C=N–C) groups is 4. The molecule has 148 heavy (non-hydrogen) atoms. The van der Waals surface area contributed by atoms with Crippen LogP contribution in [0, 0.1) is 41.0 Å². The molecule has 0 spiro atoms. The van der Waals surface area contributed by atoms with Crippen molar-refractivity contribution >= 4 is 175 Å². The number of carbonyl (C=O) groups is 8. The molecule has 0 amide bonds. The van der Waals surface area contributed by atoms with E-state index in [0.29, 0.717) is 123 Å². The summed E-state index contributed by atoms with van der Waals surface area (Å²) in [6.07, 6.45) is 5.95. The first-order valence-corrected chi connectivity index (χ1v) is 52.6. The maximum atomic E-state index is 14.9. The molecule has 8 aromatic rings. The van der Waals surface area contributed by atoms with E-state index in [1.54, 1.807) is 78.5 Å². The first-order valence-electron chi connectivity index (χ1n) is 46.5. The monoisotopic (exact) mass is 2220 g/mol. The van der Waals surface area contributed by atoms with Gasteiger partial charge < -0.3 is 74.9 Å². The molecule has 0 radical (unpaired) electrons. The van der Waals surface area contributed by atoms with E-state index in [1.807, 2.05) is 26.2 Å². The number of carboxylic acid groups (broad SMARTS) is 4. The topological polar surface area (TPSA) is 444 Å². The Balaban J connectivity index is 0.000000165. The Labute approximate surface area is 887 Å². The Morgan fingerprint density at radius 3 is 1.14 bits per heavy atom. The molecule has 8 aliphatic heterocycles. The van der Waals surface area contributed by atoms with Crippen LogP contribution in [-0.4, -0.2) is 292 Å². The summed E-state index contributed by atoms with van der Waals surface area (Å²) in [5.41, 5.74) is 3.44. The van der Waals surface area contributed by atoms with Crippen LogP contribution in [0.25, 0.3) is 0 Å². The molecule has 4 saturated heterocycles. The Morgan fingerprint density at radius 1 is 0.466 bits per heavy atom. The number of morpholine rings is 3. The van der Waals surface area contributed by atoms with Crippen LogP contribution < -0.4 is 21.3 Å². The molecule has 12 atom stereocenters. The maximum Gasteiger partial charge on any atom is 0.338 e. The number of nitrogens with zero attached hydrogens (tertiary/aromatic N) is 12. The Bertz CT molecular complexity index is 6390. The first kappa shape index (κ1) is 114. The molecule has 3 unspecified atom stereocenters. The van der Waals surface area contributed by atoms with Crippen molar-refractivity contribution in [1.29, 1.82) is 0 Å². The molecule has 12 heterocycles. The predicted octanol–water partition coefficient (Wildman–Crippen LogP) is 14.9. The summed E-state index contributed by atoms with van der Waals surface area (Å²) in [6.45, 7) is 12.4. The average molecular weight is 2230 g/mol. The zero-order valence-electron chi connectivity index (χ0n) is 81.1. The van der Waals surface area contributed by atoms with Crippen molar-refractivity contribution in [1.82, 2.24) is 60.8 Å². The van der Waals surface area contributed by atoms with E-state index in [2.05, 4.69) is 60.9 Å². The number of alkyl halides is 2. The van der Waals surface area contributed by atoms with Gasteiger partial charge in [0.15, 0.2) is 43.4 Å². The number of aliphatic carboxylic acids is 4. The SMILES string of the molecule is COC(=O)C1=C(CN2CCOCC2C(F)(F)CC(=O)O)NC(c2nccs2)=N[C@H]1c1cccc(F)c1Cl.COC(=O)C1=C(CN2CCO[C@H](C(C)C)[C@H]2CC(C)C(=O)O)NC(c2nccs2)=N[C@H]1c1cccc(F)c1Cl.COC(=O)C1=C(CN2CCO[C@H](C)[C@H]2CC(C)C(=O)O)NC(c2nccs2)=N[C@H]1c1cccc(F)c1Cl.COC(=O)C1=C(CN2CCSC[C@H]2CCC(=O)O)NC(c2nccs2)=N[C@H]1c1cccc(F)c1Cl. The number of methoxy groups -OCH3 is 4. The van der Waals surface area contributed by atoms with Gasteiger partial charge in [-0.05, 0) is 56.4 Å². The fourth-order valence-electron chi connectivity index (χ4n) is 18.0. The van der Waals surface area contributed by atoms with E-state index in [0.717, 1.165) is 31.2 Å². The highest BCUT2D eigenvalue weighted by Gasteiger charge is 2.49. The molecule has 0 saturated carbocycles. The maximum absolute atomic E-state index is 14.9. The van der Waals surface area contributed by atoms with Crippen molar-refractivity contribution in [2.75, 3.05) is 119 Å². The van der Waals surface area contributed by atoms with E-state index >= 15 is 0 Å². The van der Waals surface area contributed by atoms with E-state index in [4.69, 9.17) is 99.6 Å². The van der Waals surface area contributed by atoms with E-state index < -0.39 is 132 Å². The van der Waals surface area contributed by atoms with Gasteiger partial charge in [0.05, 0.1) is 127 Å². The van der Waals surface area contributed by atoms with Crippen LogP contribution >= 0.6 is 104 Å². The van der Waals surface area contributed by atoms with E-state index in [9.17, 15) is 80.0 Å². The number of benzene rings is 4. The molecule has 16 rings (SSSR count). The highest BCUT2D eigenvalue weighted by Crippen LogP contribution is 2.45. The molecule has 0 aliphatic carbocycles. The largest absolute Gasteiger partial charge is 0.481 e. The van der Waals surface area contributed by atoms with Gasteiger partial charge in [0.2, 0.25) is 0 Å². The number of ether oxygens (including phenoxy) is 7. The summed E-state index contributed by atoms with van der Waals surface area (Å²) in [5, 5.41) is 58.8. The number of esters is 4. The first-order chi connectivity index (χ1) is 70.8. The highest BCUT2D eigenvalue weighted by molar-refractivity contribution is 7.99. The lowest BCUT2D eigenvalue weighted by molar-refractivity contribution is -0.162.